The van der Waals surface area contributed by atoms with E-state index < -0.39 is 5.97 Å². The van der Waals surface area contributed by atoms with Crippen molar-refractivity contribution in [2.45, 2.75) is 38.7 Å². The van der Waals surface area contributed by atoms with Crippen LogP contribution in [0.15, 0.2) is 30.3 Å². The lowest BCUT2D eigenvalue weighted by atomic mass is 9.91. The van der Waals surface area contributed by atoms with E-state index in [0.717, 1.165) is 30.6 Å². The first kappa shape index (κ1) is 20.8. The van der Waals surface area contributed by atoms with Gasteiger partial charge in [-0.3, -0.25) is 4.79 Å². The minimum atomic E-state index is -0.898. The van der Waals surface area contributed by atoms with Crippen LogP contribution in [0.3, 0.4) is 0 Å². The smallest absolute Gasteiger partial charge is 0.345 e. The lowest BCUT2D eigenvalue weighted by molar-refractivity contribution is -0.121. The van der Waals surface area contributed by atoms with E-state index in [1.54, 1.807) is 24.3 Å². The Kier molecular flexibility index (Phi) is 7.10. The number of Topliss-reactive ketones (excluding diaryl/α,β-unsaturated/α-hetero) is 1. The number of carboxylic acids is 1. The molecule has 3 rings (SSSR count). The molecule has 0 unspecified atom stereocenters. The second-order valence-corrected chi connectivity index (χ2v) is 8.70. The zero-order valence-corrected chi connectivity index (χ0v) is 17.0. The number of hydrogen-bond acceptors (Lipinski definition) is 5. The summed E-state index contributed by atoms with van der Waals surface area (Å²) in [5.74, 6) is 0.143. The quantitative estimate of drug-likeness (QED) is 0.617. The fourth-order valence-corrected chi connectivity index (χ4v) is 4.83. The Balaban J connectivity index is 1.52. The summed E-state index contributed by atoms with van der Waals surface area (Å²) in [6, 6.07) is 8.64. The van der Waals surface area contributed by atoms with Crippen molar-refractivity contribution >= 4 is 34.7 Å². The van der Waals surface area contributed by atoms with Gasteiger partial charge in [0, 0.05) is 28.2 Å². The molecular formula is C21H23ClO5S. The van der Waals surface area contributed by atoms with Gasteiger partial charge in [-0.2, -0.15) is 0 Å². The Hall–Kier alpha value is -1.89. The molecule has 1 saturated carbocycles. The highest BCUT2D eigenvalue weighted by atomic mass is 35.5. The molecule has 0 bridgehead atoms. The maximum atomic E-state index is 12.3. The van der Waals surface area contributed by atoms with Gasteiger partial charge in [0.15, 0.2) is 0 Å². The fraction of sp³-hybridized carbons (Fsp3) is 0.429. The summed E-state index contributed by atoms with van der Waals surface area (Å²) >= 11 is 7.34. The molecule has 2 N–H and O–H groups in total. The standard InChI is InChI=1S/C21H23ClO5S/c22-15-8-13(11-23)9-16(10-15)27-12-14-4-6-19(24)18(14)3-1-2-17-5-7-20(28-17)21(25)26/h5,7-10,14,18,23H,1-4,6,11-12H2,(H,25,26)/t14-,18-/m1/s1. The topological polar surface area (TPSA) is 83.8 Å². The molecule has 1 aliphatic rings. The van der Waals surface area contributed by atoms with Gasteiger partial charge in [-0.05, 0) is 61.6 Å². The van der Waals surface area contributed by atoms with Crippen molar-refractivity contribution in [3.8, 4) is 5.75 Å². The number of aliphatic hydroxyl groups is 1. The summed E-state index contributed by atoms with van der Waals surface area (Å²) in [7, 11) is 0. The summed E-state index contributed by atoms with van der Waals surface area (Å²) in [6.45, 7) is 0.345. The van der Waals surface area contributed by atoms with E-state index in [1.807, 2.05) is 6.07 Å². The molecule has 5 nitrogen and oxygen atoms in total. The number of carbonyl (C=O) groups is 2. The number of hydrogen-bond donors (Lipinski definition) is 2. The van der Waals surface area contributed by atoms with E-state index in [2.05, 4.69) is 0 Å². The number of ether oxygens (including phenoxy) is 1. The summed E-state index contributed by atoms with van der Waals surface area (Å²) < 4.78 is 5.88. The maximum Gasteiger partial charge on any atom is 0.345 e. The largest absolute Gasteiger partial charge is 0.493 e. The molecule has 1 heterocycles. The maximum absolute atomic E-state index is 12.3. The van der Waals surface area contributed by atoms with Crippen molar-refractivity contribution in [3.63, 3.8) is 0 Å². The molecule has 150 valence electrons. The number of ketones is 1. The van der Waals surface area contributed by atoms with Gasteiger partial charge >= 0.3 is 5.97 Å². The Labute approximate surface area is 172 Å². The third-order valence-electron chi connectivity index (χ3n) is 5.13. The van der Waals surface area contributed by atoms with E-state index in [-0.39, 0.29) is 24.2 Å². The highest BCUT2D eigenvalue weighted by Crippen LogP contribution is 2.34. The monoisotopic (exact) mass is 422 g/mol. The number of halogens is 1. The third-order valence-corrected chi connectivity index (χ3v) is 6.48. The van der Waals surface area contributed by atoms with Gasteiger partial charge in [0.25, 0.3) is 0 Å². The van der Waals surface area contributed by atoms with E-state index in [9.17, 15) is 14.7 Å². The Morgan fingerprint density at radius 3 is 2.82 bits per heavy atom. The first-order chi connectivity index (χ1) is 13.5. The lowest BCUT2D eigenvalue weighted by Crippen LogP contribution is -2.21. The summed E-state index contributed by atoms with van der Waals surface area (Å²) in [5, 5.41) is 18.8. The van der Waals surface area contributed by atoms with Crippen LogP contribution in [0.5, 0.6) is 5.75 Å². The van der Waals surface area contributed by atoms with Crippen LogP contribution in [0.4, 0.5) is 0 Å². The first-order valence-electron chi connectivity index (χ1n) is 9.34. The highest BCUT2D eigenvalue weighted by Gasteiger charge is 2.34. The predicted octanol–water partition coefficient (Wildman–Crippen LogP) is 4.59. The number of aryl methyl sites for hydroxylation is 1. The zero-order valence-electron chi connectivity index (χ0n) is 15.4. The molecule has 0 radical (unpaired) electrons. The summed E-state index contributed by atoms with van der Waals surface area (Å²) in [4.78, 5) is 24.6. The van der Waals surface area contributed by atoms with Gasteiger partial charge in [0.1, 0.15) is 16.4 Å². The van der Waals surface area contributed by atoms with E-state index in [1.165, 1.54) is 11.3 Å². The van der Waals surface area contributed by atoms with Gasteiger partial charge in [-0.1, -0.05) is 11.6 Å². The van der Waals surface area contributed by atoms with E-state index in [0.29, 0.717) is 34.2 Å². The van der Waals surface area contributed by atoms with Crippen molar-refractivity contribution in [2.75, 3.05) is 6.61 Å². The molecular weight excluding hydrogens is 400 g/mol. The minimum absolute atomic E-state index is 0.0181. The van der Waals surface area contributed by atoms with Crippen LogP contribution in [-0.2, 0) is 17.8 Å². The van der Waals surface area contributed by atoms with Gasteiger partial charge in [0.05, 0.1) is 13.2 Å². The van der Waals surface area contributed by atoms with Crippen molar-refractivity contribution < 1.29 is 24.5 Å². The van der Waals surface area contributed by atoms with Crippen LogP contribution in [0.1, 0.15) is 45.8 Å². The predicted molar refractivity (Wildman–Crippen MR) is 108 cm³/mol. The number of thiophene rings is 1. The molecule has 0 spiro atoms. The van der Waals surface area contributed by atoms with Crippen molar-refractivity contribution in [3.05, 3.63) is 50.7 Å². The molecule has 7 heteroatoms. The van der Waals surface area contributed by atoms with Crippen molar-refractivity contribution in [1.29, 1.82) is 0 Å². The summed E-state index contributed by atoms with van der Waals surface area (Å²) in [6.07, 6.45) is 3.81. The molecule has 0 aliphatic heterocycles. The Bertz CT molecular complexity index is 847. The van der Waals surface area contributed by atoms with Crippen molar-refractivity contribution in [2.24, 2.45) is 11.8 Å². The minimum Gasteiger partial charge on any atom is -0.493 e. The van der Waals surface area contributed by atoms with Crippen LogP contribution in [0.25, 0.3) is 0 Å². The fourth-order valence-electron chi connectivity index (χ4n) is 3.70. The molecule has 2 aromatic rings. The van der Waals surface area contributed by atoms with E-state index >= 15 is 0 Å². The molecule has 0 amide bonds. The first-order valence-corrected chi connectivity index (χ1v) is 10.5. The molecule has 0 saturated heterocycles. The Morgan fingerprint density at radius 1 is 1.29 bits per heavy atom. The molecule has 1 aromatic heterocycles. The van der Waals surface area contributed by atoms with Crippen molar-refractivity contribution in [1.82, 2.24) is 0 Å². The average molecular weight is 423 g/mol. The van der Waals surface area contributed by atoms with Gasteiger partial charge < -0.3 is 14.9 Å². The average Bonchev–Trinajstić information content (AvgIpc) is 3.27. The van der Waals surface area contributed by atoms with Crippen LogP contribution in [-0.4, -0.2) is 28.6 Å². The highest BCUT2D eigenvalue weighted by molar-refractivity contribution is 7.13. The van der Waals surface area contributed by atoms with Crippen LogP contribution < -0.4 is 4.74 Å². The molecule has 28 heavy (non-hydrogen) atoms. The number of aromatic carboxylic acids is 1. The number of carboxylic acid groups (broad SMARTS) is 1. The third kappa shape index (κ3) is 5.34. The van der Waals surface area contributed by atoms with E-state index in [4.69, 9.17) is 21.4 Å². The van der Waals surface area contributed by atoms with Crippen LogP contribution >= 0.6 is 22.9 Å². The molecule has 2 atom stereocenters. The second kappa shape index (κ2) is 9.54. The number of benzene rings is 1. The number of carbonyl (C=O) groups excluding carboxylic acids is 1. The normalized spacial score (nSPS) is 19.1. The van der Waals surface area contributed by atoms with Crippen LogP contribution in [0.2, 0.25) is 5.02 Å². The summed E-state index contributed by atoms with van der Waals surface area (Å²) in [5.41, 5.74) is 0.693. The van der Waals surface area contributed by atoms with Gasteiger partial charge in [-0.25, -0.2) is 4.79 Å². The second-order valence-electron chi connectivity index (χ2n) is 7.10. The molecule has 1 aromatic carbocycles. The van der Waals surface area contributed by atoms with Gasteiger partial charge in [0.2, 0.25) is 0 Å². The lowest BCUT2D eigenvalue weighted by Gasteiger charge is -2.19. The zero-order chi connectivity index (χ0) is 20.1. The van der Waals surface area contributed by atoms with Crippen LogP contribution in [0, 0.1) is 11.8 Å². The SMILES string of the molecule is O=C(O)c1ccc(CCC[C@H]2C(=O)CC[C@@H]2COc2cc(Cl)cc(CO)c2)s1. The number of aliphatic hydroxyl groups excluding tert-OH is 1. The van der Waals surface area contributed by atoms with Gasteiger partial charge in [-0.15, -0.1) is 11.3 Å². The molecule has 1 fully saturated rings. The number of rotatable bonds is 9. The Morgan fingerprint density at radius 2 is 2.11 bits per heavy atom. The molecule has 1 aliphatic carbocycles.